The molecule has 3 aromatic rings. The number of fused-ring (bicyclic) bond motifs is 1. The van der Waals surface area contributed by atoms with E-state index in [1.54, 1.807) is 24.2 Å². The monoisotopic (exact) mass is 428 g/mol. The Kier molecular flexibility index (Phi) is 6.91. The lowest BCUT2D eigenvalue weighted by atomic mass is 10.0. The van der Waals surface area contributed by atoms with Crippen LogP contribution in [0, 0.1) is 0 Å². The second-order valence-corrected chi connectivity index (χ2v) is 8.21. The molecule has 1 atom stereocenters. The largest absolute Gasteiger partial charge is 0.496 e. The van der Waals surface area contributed by atoms with Gasteiger partial charge in [0.05, 0.1) is 31.1 Å². The summed E-state index contributed by atoms with van der Waals surface area (Å²) in [6, 6.07) is 1.92. The first-order chi connectivity index (χ1) is 14.8. The summed E-state index contributed by atoms with van der Waals surface area (Å²) in [4.78, 5) is 13.2. The molecule has 0 aliphatic heterocycles. The number of methoxy groups -OCH3 is 1. The lowest BCUT2D eigenvalue weighted by Crippen LogP contribution is -2.30. The van der Waals surface area contributed by atoms with E-state index in [-0.39, 0.29) is 18.6 Å². The Bertz CT molecular complexity index is 1020. The number of aliphatic hydroxyl groups is 1. The predicted octanol–water partition coefficient (Wildman–Crippen LogP) is 2.02. The van der Waals surface area contributed by atoms with Gasteiger partial charge in [-0.1, -0.05) is 13.3 Å². The van der Waals surface area contributed by atoms with Crippen molar-refractivity contribution in [3.8, 4) is 5.75 Å². The Morgan fingerprint density at radius 2 is 2.03 bits per heavy atom. The molecule has 0 radical (unpaired) electrons. The first kappa shape index (κ1) is 22.7. The molecule has 3 aromatic heterocycles. The van der Waals surface area contributed by atoms with E-state index in [4.69, 9.17) is 16.2 Å². The van der Waals surface area contributed by atoms with Crippen molar-refractivity contribution in [2.75, 3.05) is 24.8 Å². The molecule has 0 saturated carbocycles. The molecule has 6 N–H and O–H groups in total. The van der Waals surface area contributed by atoms with Crippen LogP contribution in [0.5, 0.6) is 5.75 Å². The summed E-state index contributed by atoms with van der Waals surface area (Å²) in [5, 5.41) is 17.3. The van der Waals surface area contributed by atoms with Crippen LogP contribution in [0.25, 0.3) is 11.0 Å². The average Bonchev–Trinajstić information content (AvgIpc) is 3.10. The van der Waals surface area contributed by atoms with Crippen LogP contribution in [0.15, 0.2) is 18.5 Å². The maximum Gasteiger partial charge on any atom is 0.222 e. The second kappa shape index (κ2) is 9.44. The second-order valence-electron chi connectivity index (χ2n) is 8.21. The fourth-order valence-corrected chi connectivity index (χ4v) is 3.51. The quantitative estimate of drug-likeness (QED) is 0.380. The first-order valence-corrected chi connectivity index (χ1v) is 10.5. The van der Waals surface area contributed by atoms with Crippen molar-refractivity contribution in [2.45, 2.75) is 58.2 Å². The maximum absolute atomic E-state index is 9.41. The van der Waals surface area contributed by atoms with Crippen LogP contribution in [0.2, 0.25) is 0 Å². The van der Waals surface area contributed by atoms with E-state index in [0.717, 1.165) is 29.6 Å². The molecule has 0 aliphatic rings. The van der Waals surface area contributed by atoms with Gasteiger partial charge in [-0.3, -0.25) is 9.67 Å². The van der Waals surface area contributed by atoms with Crippen molar-refractivity contribution in [3.05, 3.63) is 29.7 Å². The molecule has 168 valence electrons. The minimum atomic E-state index is -0.576. The molecule has 0 bridgehead atoms. The molecule has 0 amide bonds. The molecule has 3 heterocycles. The number of anilines is 2. The molecule has 0 saturated heterocycles. The zero-order valence-electron chi connectivity index (χ0n) is 18.6. The number of hydrogen-bond acceptors (Lipinski definition) is 9. The number of nitrogens with two attached hydrogens (primary N) is 2. The topological polar surface area (TPSA) is 150 Å². The molecule has 10 nitrogen and oxygen atoms in total. The van der Waals surface area contributed by atoms with Crippen LogP contribution in [0.1, 0.15) is 51.3 Å². The van der Waals surface area contributed by atoms with Gasteiger partial charge in [0.2, 0.25) is 5.95 Å². The summed E-state index contributed by atoms with van der Waals surface area (Å²) in [7, 11) is 1.62. The van der Waals surface area contributed by atoms with Crippen LogP contribution in [-0.4, -0.2) is 49.6 Å². The molecule has 0 aromatic carbocycles. The summed E-state index contributed by atoms with van der Waals surface area (Å²) >= 11 is 0. The minimum Gasteiger partial charge on any atom is -0.496 e. The van der Waals surface area contributed by atoms with E-state index in [2.05, 4.69) is 32.3 Å². The lowest BCUT2D eigenvalue weighted by Gasteiger charge is -2.20. The molecule has 31 heavy (non-hydrogen) atoms. The van der Waals surface area contributed by atoms with E-state index in [1.165, 1.54) is 0 Å². The fraction of sp³-hybridized carbons (Fsp3) is 0.524. The Morgan fingerprint density at radius 3 is 2.68 bits per heavy atom. The number of pyridine rings is 1. The van der Waals surface area contributed by atoms with Crippen molar-refractivity contribution in [1.82, 2.24) is 24.7 Å². The highest BCUT2D eigenvalue weighted by Crippen LogP contribution is 2.27. The third-order valence-corrected chi connectivity index (χ3v) is 5.11. The highest BCUT2D eigenvalue weighted by atomic mass is 16.5. The Balaban J connectivity index is 2.00. The number of nitrogens with zero attached hydrogens (tertiary/aromatic N) is 5. The van der Waals surface area contributed by atoms with E-state index in [0.29, 0.717) is 30.0 Å². The van der Waals surface area contributed by atoms with Gasteiger partial charge < -0.3 is 26.6 Å². The van der Waals surface area contributed by atoms with Gasteiger partial charge in [-0.25, -0.2) is 4.98 Å². The van der Waals surface area contributed by atoms with Gasteiger partial charge in [-0.05, 0) is 26.7 Å². The molecule has 0 aliphatic carbocycles. The third kappa shape index (κ3) is 5.20. The number of aromatic nitrogens is 5. The van der Waals surface area contributed by atoms with Gasteiger partial charge in [0.25, 0.3) is 0 Å². The van der Waals surface area contributed by atoms with Gasteiger partial charge in [0, 0.05) is 30.5 Å². The number of hydrogen-bond donors (Lipinski definition) is 4. The van der Waals surface area contributed by atoms with Crippen molar-refractivity contribution in [1.29, 1.82) is 0 Å². The number of nitrogen functional groups attached to an aromatic ring is 1. The van der Waals surface area contributed by atoms with Crippen LogP contribution in [-0.2, 0) is 12.1 Å². The first-order valence-electron chi connectivity index (χ1n) is 10.5. The van der Waals surface area contributed by atoms with Crippen molar-refractivity contribution in [3.63, 3.8) is 0 Å². The fourth-order valence-electron chi connectivity index (χ4n) is 3.51. The predicted molar refractivity (Wildman–Crippen MR) is 121 cm³/mol. The van der Waals surface area contributed by atoms with Gasteiger partial charge >= 0.3 is 0 Å². The summed E-state index contributed by atoms with van der Waals surface area (Å²) in [6.45, 7) is 6.40. The maximum atomic E-state index is 9.41. The SMILES string of the molecule is CCC[C@@H](CCO)Nc1nc(N)nc2cnn(Cc3cnc(C(C)(C)N)cc3OC)c12. The summed E-state index contributed by atoms with van der Waals surface area (Å²) in [5.74, 6) is 1.45. The van der Waals surface area contributed by atoms with E-state index >= 15 is 0 Å². The highest BCUT2D eigenvalue weighted by molar-refractivity contribution is 5.86. The third-order valence-electron chi connectivity index (χ3n) is 5.11. The minimum absolute atomic E-state index is 0.0677. The molecule has 0 fully saturated rings. The lowest BCUT2D eigenvalue weighted by molar-refractivity contribution is 0.276. The molecule has 0 unspecified atom stereocenters. The van der Waals surface area contributed by atoms with Crippen molar-refractivity contribution in [2.24, 2.45) is 5.73 Å². The zero-order valence-corrected chi connectivity index (χ0v) is 18.6. The summed E-state index contributed by atoms with van der Waals surface area (Å²) in [5.41, 5.74) is 14.5. The number of rotatable bonds is 10. The van der Waals surface area contributed by atoms with Crippen LogP contribution >= 0.6 is 0 Å². The molecular formula is C21H32N8O2. The standard InChI is InChI=1S/C21H32N8O2/c1-5-6-14(7-8-30)26-19-18-15(27-20(22)28-19)11-25-29(18)12-13-10-24-17(21(2,3)23)9-16(13)31-4/h9-11,14,30H,5-8,12,23H2,1-4H3,(H3,22,26,27,28)/t14-/m0/s1. The number of nitrogens with one attached hydrogen (secondary N) is 1. The van der Waals surface area contributed by atoms with Crippen molar-refractivity contribution >= 4 is 22.8 Å². The van der Waals surface area contributed by atoms with Crippen LogP contribution in [0.3, 0.4) is 0 Å². The molecule has 3 rings (SSSR count). The highest BCUT2D eigenvalue weighted by Gasteiger charge is 2.20. The normalized spacial score (nSPS) is 12.8. The van der Waals surface area contributed by atoms with Crippen molar-refractivity contribution < 1.29 is 9.84 Å². The Hall–Kier alpha value is -2.98. The molecule has 0 spiro atoms. The Morgan fingerprint density at radius 1 is 1.26 bits per heavy atom. The summed E-state index contributed by atoms with van der Waals surface area (Å²) in [6.07, 6.45) is 5.91. The zero-order chi connectivity index (χ0) is 22.6. The van der Waals surface area contributed by atoms with Gasteiger partial charge in [-0.15, -0.1) is 0 Å². The molecular weight excluding hydrogens is 396 g/mol. The number of ether oxygens (including phenoxy) is 1. The molecule has 10 heteroatoms. The average molecular weight is 429 g/mol. The van der Waals surface area contributed by atoms with E-state index < -0.39 is 5.54 Å². The van der Waals surface area contributed by atoms with Crippen LogP contribution in [0.4, 0.5) is 11.8 Å². The van der Waals surface area contributed by atoms with Gasteiger partial charge in [0.15, 0.2) is 5.82 Å². The van der Waals surface area contributed by atoms with E-state index in [9.17, 15) is 5.11 Å². The Labute approximate surface area is 182 Å². The van der Waals surface area contributed by atoms with Gasteiger partial charge in [0.1, 0.15) is 16.8 Å². The smallest absolute Gasteiger partial charge is 0.222 e. The van der Waals surface area contributed by atoms with E-state index in [1.807, 2.05) is 19.9 Å². The van der Waals surface area contributed by atoms with Crippen LogP contribution < -0.4 is 21.5 Å². The van der Waals surface area contributed by atoms with Gasteiger partial charge in [-0.2, -0.15) is 10.1 Å². The number of aliphatic hydroxyl groups excluding tert-OH is 1. The summed E-state index contributed by atoms with van der Waals surface area (Å²) < 4.78 is 7.39.